The lowest BCUT2D eigenvalue weighted by atomic mass is 10.1. The quantitative estimate of drug-likeness (QED) is 0.525. The van der Waals surface area contributed by atoms with E-state index in [2.05, 4.69) is 4.98 Å². The minimum absolute atomic E-state index is 0.0195. The second kappa shape index (κ2) is 10.9. The topological polar surface area (TPSA) is 121 Å². The number of nitrogens with two attached hydrogens (primary N) is 1. The zero-order valence-electron chi connectivity index (χ0n) is 20.2. The maximum absolute atomic E-state index is 13.7. The molecule has 10 heteroatoms. The predicted octanol–water partition coefficient (Wildman–Crippen LogP) is 2.68. The van der Waals surface area contributed by atoms with E-state index in [1.807, 2.05) is 51.3 Å². The fourth-order valence-electron chi connectivity index (χ4n) is 4.15. The Labute approximate surface area is 203 Å². The van der Waals surface area contributed by atoms with Crippen LogP contribution in [0.3, 0.4) is 0 Å². The number of H-pyrrole nitrogens is 1. The summed E-state index contributed by atoms with van der Waals surface area (Å²) in [6.07, 6.45) is 3.45. The van der Waals surface area contributed by atoms with E-state index >= 15 is 0 Å². The molecule has 0 unspecified atom stereocenters. The Bertz CT molecular complexity index is 1170. The Morgan fingerprint density at radius 3 is 2.68 bits per heavy atom. The molecule has 1 aliphatic rings. The van der Waals surface area contributed by atoms with Crippen LogP contribution in [0, 0.1) is 11.8 Å². The van der Waals surface area contributed by atoms with Gasteiger partial charge in [0, 0.05) is 36.6 Å². The number of carbonyl (C=O) groups excluding carboxylic acids is 2. The molecule has 2 amide bonds. The van der Waals surface area contributed by atoms with Crippen molar-refractivity contribution in [1.82, 2.24) is 9.55 Å². The minimum Gasteiger partial charge on any atom is -0.383 e. The number of hydrogen-bond donors (Lipinski definition) is 2. The van der Waals surface area contributed by atoms with Crippen molar-refractivity contribution in [1.29, 1.82) is 0 Å². The van der Waals surface area contributed by atoms with Gasteiger partial charge in [-0.3, -0.25) is 23.9 Å². The van der Waals surface area contributed by atoms with Gasteiger partial charge in [-0.05, 0) is 36.8 Å². The van der Waals surface area contributed by atoms with E-state index in [4.69, 9.17) is 5.73 Å². The fraction of sp³-hybridized carbons (Fsp3) is 0.500. The van der Waals surface area contributed by atoms with E-state index in [1.165, 1.54) is 9.47 Å². The predicted molar refractivity (Wildman–Crippen MR) is 137 cm³/mol. The molecule has 0 radical (unpaired) electrons. The number of aromatic nitrogens is 2. The Hall–Kier alpha value is -3.01. The summed E-state index contributed by atoms with van der Waals surface area (Å²) < 4.78 is 1.30. The second-order valence-electron chi connectivity index (χ2n) is 8.95. The van der Waals surface area contributed by atoms with E-state index in [0.29, 0.717) is 13.0 Å². The van der Waals surface area contributed by atoms with Crippen LogP contribution >= 0.6 is 11.8 Å². The van der Waals surface area contributed by atoms with Crippen LogP contribution in [0.5, 0.6) is 0 Å². The van der Waals surface area contributed by atoms with Gasteiger partial charge < -0.3 is 15.5 Å². The Kier molecular flexibility index (Phi) is 8.24. The first-order valence-electron chi connectivity index (χ1n) is 11.6. The average Bonchev–Trinajstić information content (AvgIpc) is 3.19. The summed E-state index contributed by atoms with van der Waals surface area (Å²) in [6.45, 7) is 6.65. The summed E-state index contributed by atoms with van der Waals surface area (Å²) in [5.41, 5.74) is 5.72. The minimum atomic E-state index is -0.694. The lowest BCUT2D eigenvalue weighted by Gasteiger charge is -2.27. The number of aromatic amines is 1. The number of anilines is 3. The van der Waals surface area contributed by atoms with Crippen LogP contribution in [0.4, 0.5) is 17.2 Å². The number of carbonyl (C=O) groups is 2. The van der Waals surface area contributed by atoms with Crippen LogP contribution < -0.4 is 26.8 Å². The van der Waals surface area contributed by atoms with Crippen molar-refractivity contribution in [3.8, 4) is 0 Å². The number of rotatable bonds is 9. The highest BCUT2D eigenvalue weighted by Crippen LogP contribution is 2.30. The third-order valence-corrected chi connectivity index (χ3v) is 6.60. The third kappa shape index (κ3) is 5.38. The summed E-state index contributed by atoms with van der Waals surface area (Å²) in [5.74, 6) is -1.01. The first-order chi connectivity index (χ1) is 16.2. The van der Waals surface area contributed by atoms with E-state index in [-0.39, 0.29) is 48.7 Å². The second-order valence-corrected chi connectivity index (χ2v) is 9.83. The molecular weight excluding hydrogens is 454 g/mol. The SMILES string of the molecule is CCCCN(C(=O)[C@@H]1CC(=O)N(c2cccc(SC)c2)C1)c1c(N)n(CC(C)C)c(=O)[nH]c1=O. The summed E-state index contributed by atoms with van der Waals surface area (Å²) in [5, 5.41) is 0. The van der Waals surface area contributed by atoms with Crippen molar-refractivity contribution in [3.05, 3.63) is 45.1 Å². The number of nitrogen functional groups attached to an aromatic ring is 1. The maximum Gasteiger partial charge on any atom is 0.330 e. The van der Waals surface area contributed by atoms with E-state index in [1.54, 1.807) is 16.7 Å². The number of hydrogen-bond acceptors (Lipinski definition) is 6. The van der Waals surface area contributed by atoms with Crippen LogP contribution in [0.2, 0.25) is 0 Å². The largest absolute Gasteiger partial charge is 0.383 e. The van der Waals surface area contributed by atoms with Crippen LogP contribution in [-0.2, 0) is 16.1 Å². The van der Waals surface area contributed by atoms with Crippen molar-refractivity contribution in [2.75, 3.05) is 34.9 Å². The molecule has 1 atom stereocenters. The zero-order valence-corrected chi connectivity index (χ0v) is 21.0. The smallest absolute Gasteiger partial charge is 0.330 e. The van der Waals surface area contributed by atoms with Gasteiger partial charge in [-0.2, -0.15) is 0 Å². The standard InChI is InChI=1S/C24H33N5O4S/c1-5-6-10-27(20-21(25)29(13-15(2)3)24(33)26-22(20)31)23(32)16-11-19(30)28(14-16)17-8-7-9-18(12-17)34-4/h7-9,12,15-16H,5-6,10-11,13-14,25H2,1-4H3,(H,26,31,33)/t16-/m1/s1. The monoisotopic (exact) mass is 487 g/mol. The molecule has 1 aromatic heterocycles. The van der Waals surface area contributed by atoms with Gasteiger partial charge in [-0.15, -0.1) is 11.8 Å². The van der Waals surface area contributed by atoms with Crippen molar-refractivity contribution in [3.63, 3.8) is 0 Å². The molecule has 0 saturated carbocycles. The highest BCUT2D eigenvalue weighted by Gasteiger charge is 2.39. The molecule has 0 spiro atoms. The average molecular weight is 488 g/mol. The molecule has 0 bridgehead atoms. The number of thioether (sulfide) groups is 1. The molecular formula is C24H33N5O4S. The molecule has 2 heterocycles. The lowest BCUT2D eigenvalue weighted by molar-refractivity contribution is -0.124. The number of benzene rings is 1. The zero-order chi connectivity index (χ0) is 25.0. The summed E-state index contributed by atoms with van der Waals surface area (Å²) in [7, 11) is 0. The number of unbranched alkanes of at least 4 members (excludes halogenated alkanes) is 1. The summed E-state index contributed by atoms with van der Waals surface area (Å²) >= 11 is 1.58. The lowest BCUT2D eigenvalue weighted by Crippen LogP contribution is -2.44. The van der Waals surface area contributed by atoms with Gasteiger partial charge in [0.15, 0.2) is 5.69 Å². The van der Waals surface area contributed by atoms with Crippen molar-refractivity contribution < 1.29 is 9.59 Å². The highest BCUT2D eigenvalue weighted by atomic mass is 32.2. The van der Waals surface area contributed by atoms with Gasteiger partial charge in [-0.25, -0.2) is 4.79 Å². The van der Waals surface area contributed by atoms with Crippen LogP contribution in [0.15, 0.2) is 38.8 Å². The normalized spacial score (nSPS) is 15.9. The number of amides is 2. The molecule has 9 nitrogen and oxygen atoms in total. The summed E-state index contributed by atoms with van der Waals surface area (Å²) in [4.78, 5) is 58.0. The molecule has 1 fully saturated rings. The van der Waals surface area contributed by atoms with E-state index < -0.39 is 17.2 Å². The Balaban J connectivity index is 1.96. The van der Waals surface area contributed by atoms with Gasteiger partial charge in [0.05, 0.1) is 5.92 Å². The Morgan fingerprint density at radius 2 is 2.03 bits per heavy atom. The van der Waals surface area contributed by atoms with Gasteiger partial charge in [-0.1, -0.05) is 33.3 Å². The van der Waals surface area contributed by atoms with Gasteiger partial charge >= 0.3 is 5.69 Å². The number of nitrogens with zero attached hydrogens (tertiary/aromatic N) is 3. The van der Waals surface area contributed by atoms with E-state index in [0.717, 1.165) is 17.0 Å². The third-order valence-electron chi connectivity index (χ3n) is 5.87. The van der Waals surface area contributed by atoms with Crippen molar-refractivity contribution in [2.45, 2.75) is 51.5 Å². The molecule has 184 valence electrons. The molecule has 1 saturated heterocycles. The van der Waals surface area contributed by atoms with Crippen LogP contribution in [0.25, 0.3) is 0 Å². The molecule has 3 N–H and O–H groups in total. The molecule has 3 rings (SSSR count). The molecule has 0 aliphatic carbocycles. The van der Waals surface area contributed by atoms with E-state index in [9.17, 15) is 19.2 Å². The molecule has 34 heavy (non-hydrogen) atoms. The highest BCUT2D eigenvalue weighted by molar-refractivity contribution is 7.98. The molecule has 1 aliphatic heterocycles. The van der Waals surface area contributed by atoms with Gasteiger partial charge in [0.1, 0.15) is 5.82 Å². The summed E-state index contributed by atoms with van der Waals surface area (Å²) in [6, 6.07) is 7.62. The molecule has 2 aromatic rings. The van der Waals surface area contributed by atoms with Crippen molar-refractivity contribution in [2.24, 2.45) is 11.8 Å². The van der Waals surface area contributed by atoms with Gasteiger partial charge in [0.2, 0.25) is 11.8 Å². The first-order valence-corrected chi connectivity index (χ1v) is 12.8. The Morgan fingerprint density at radius 1 is 1.29 bits per heavy atom. The first kappa shape index (κ1) is 25.6. The fourth-order valence-corrected chi connectivity index (χ4v) is 4.61. The van der Waals surface area contributed by atoms with Gasteiger partial charge in [0.25, 0.3) is 5.56 Å². The molecule has 1 aromatic carbocycles. The maximum atomic E-state index is 13.7. The van der Waals surface area contributed by atoms with Crippen LogP contribution in [-0.4, -0.2) is 40.7 Å². The number of nitrogens with one attached hydrogen (secondary N) is 1. The van der Waals surface area contributed by atoms with Crippen molar-refractivity contribution >= 4 is 40.8 Å². The van der Waals surface area contributed by atoms with Crippen LogP contribution in [0.1, 0.15) is 40.0 Å².